The highest BCUT2D eigenvalue weighted by atomic mass is 15.1. The first-order valence-corrected chi connectivity index (χ1v) is 9.43. The van der Waals surface area contributed by atoms with Gasteiger partial charge in [0, 0.05) is 45.8 Å². The Morgan fingerprint density at radius 2 is 1.80 bits per heavy atom. The van der Waals surface area contributed by atoms with Gasteiger partial charge in [0.25, 0.3) is 0 Å². The van der Waals surface area contributed by atoms with Crippen molar-refractivity contribution >= 4 is 28.1 Å². The molecule has 0 spiro atoms. The van der Waals surface area contributed by atoms with E-state index >= 15 is 0 Å². The van der Waals surface area contributed by atoms with Crippen molar-refractivity contribution in [1.29, 1.82) is 0 Å². The SMILES string of the molecule is C=C(N)c1cc2ccc(-c3nccc(Nc4ccc(-c5cn[nH]c5)cc4)n3)cc2[nH]1. The first-order chi connectivity index (χ1) is 14.7. The Bertz CT molecular complexity index is 1330. The second-order valence-corrected chi connectivity index (χ2v) is 6.97. The molecule has 0 radical (unpaired) electrons. The number of anilines is 2. The lowest BCUT2D eigenvalue weighted by molar-refractivity contribution is 1.09. The number of nitrogens with two attached hydrogens (primary N) is 1. The molecule has 0 unspecified atom stereocenters. The number of benzene rings is 2. The van der Waals surface area contributed by atoms with Gasteiger partial charge in [0.2, 0.25) is 0 Å². The molecular weight excluding hydrogens is 374 g/mol. The number of aromatic nitrogens is 5. The lowest BCUT2D eigenvalue weighted by Gasteiger charge is -2.08. The zero-order chi connectivity index (χ0) is 20.5. The molecule has 0 amide bonds. The largest absolute Gasteiger partial charge is 0.398 e. The van der Waals surface area contributed by atoms with Crippen molar-refractivity contribution in [2.45, 2.75) is 0 Å². The summed E-state index contributed by atoms with van der Waals surface area (Å²) in [6.45, 7) is 3.78. The summed E-state index contributed by atoms with van der Waals surface area (Å²) in [6.07, 6.45) is 5.41. The maximum absolute atomic E-state index is 5.79. The third kappa shape index (κ3) is 3.40. The average molecular weight is 393 g/mol. The van der Waals surface area contributed by atoms with Crippen LogP contribution in [-0.2, 0) is 0 Å². The van der Waals surface area contributed by atoms with Crippen LogP contribution in [0.4, 0.5) is 11.5 Å². The van der Waals surface area contributed by atoms with Crippen molar-refractivity contribution in [3.05, 3.63) is 85.5 Å². The number of hydrogen-bond donors (Lipinski definition) is 4. The van der Waals surface area contributed by atoms with Crippen molar-refractivity contribution in [3.8, 4) is 22.5 Å². The molecule has 0 bridgehead atoms. The highest BCUT2D eigenvalue weighted by Gasteiger charge is 2.08. The van der Waals surface area contributed by atoms with Crippen molar-refractivity contribution < 1.29 is 0 Å². The number of nitrogens with zero attached hydrogens (tertiary/aromatic N) is 3. The molecule has 5 N–H and O–H groups in total. The molecule has 5 rings (SSSR count). The normalized spacial score (nSPS) is 10.9. The van der Waals surface area contributed by atoms with E-state index in [2.05, 4.69) is 37.0 Å². The monoisotopic (exact) mass is 393 g/mol. The summed E-state index contributed by atoms with van der Waals surface area (Å²) in [5.74, 6) is 1.36. The van der Waals surface area contributed by atoms with Crippen LogP contribution in [-0.4, -0.2) is 25.1 Å². The number of rotatable bonds is 5. The van der Waals surface area contributed by atoms with Gasteiger partial charge in [0.1, 0.15) is 5.82 Å². The van der Waals surface area contributed by atoms with Crippen LogP contribution < -0.4 is 11.1 Å². The summed E-state index contributed by atoms with van der Waals surface area (Å²) in [4.78, 5) is 12.4. The van der Waals surface area contributed by atoms with Gasteiger partial charge < -0.3 is 16.0 Å². The standard InChI is InChI=1S/C23H19N7/c1-14(24)20-10-16-2-3-17(11-21(16)29-20)23-25-9-8-22(30-23)28-19-6-4-15(5-7-19)18-12-26-27-13-18/h2-13,29H,1,24H2,(H,26,27)(H,25,28,30). The smallest absolute Gasteiger partial charge is 0.161 e. The van der Waals surface area contributed by atoms with Gasteiger partial charge in [-0.2, -0.15) is 5.10 Å². The second kappa shape index (κ2) is 7.21. The van der Waals surface area contributed by atoms with E-state index in [1.165, 1.54) is 0 Å². The fraction of sp³-hybridized carbons (Fsp3) is 0. The van der Waals surface area contributed by atoms with E-state index in [1.54, 1.807) is 12.4 Å². The Hall–Kier alpha value is -4.39. The maximum Gasteiger partial charge on any atom is 0.161 e. The first kappa shape index (κ1) is 17.7. The first-order valence-electron chi connectivity index (χ1n) is 9.43. The maximum atomic E-state index is 5.79. The van der Waals surface area contributed by atoms with E-state index in [9.17, 15) is 0 Å². The van der Waals surface area contributed by atoms with Crippen molar-refractivity contribution in [1.82, 2.24) is 25.1 Å². The number of H-pyrrole nitrogens is 2. The molecule has 0 fully saturated rings. The Labute approximate surface area is 172 Å². The zero-order valence-electron chi connectivity index (χ0n) is 16.1. The van der Waals surface area contributed by atoms with Gasteiger partial charge >= 0.3 is 0 Å². The fourth-order valence-electron chi connectivity index (χ4n) is 3.31. The Kier molecular flexibility index (Phi) is 4.25. The fourth-order valence-corrected chi connectivity index (χ4v) is 3.31. The molecule has 0 atom stereocenters. The minimum atomic E-state index is 0.508. The molecule has 3 heterocycles. The molecule has 0 aliphatic rings. The van der Waals surface area contributed by atoms with Crippen molar-refractivity contribution in [2.24, 2.45) is 5.73 Å². The third-order valence-electron chi connectivity index (χ3n) is 4.87. The molecule has 7 heteroatoms. The third-order valence-corrected chi connectivity index (χ3v) is 4.87. The summed E-state index contributed by atoms with van der Waals surface area (Å²) in [5, 5.41) is 11.2. The van der Waals surface area contributed by atoms with E-state index in [0.29, 0.717) is 11.5 Å². The van der Waals surface area contributed by atoms with Gasteiger partial charge in [-0.25, -0.2) is 9.97 Å². The minimum absolute atomic E-state index is 0.508. The topological polar surface area (TPSA) is 108 Å². The summed E-state index contributed by atoms with van der Waals surface area (Å²) >= 11 is 0. The van der Waals surface area contributed by atoms with Gasteiger partial charge in [-0.05, 0) is 35.9 Å². The number of nitrogens with one attached hydrogen (secondary N) is 3. The van der Waals surface area contributed by atoms with Crippen molar-refractivity contribution in [2.75, 3.05) is 5.32 Å². The highest BCUT2D eigenvalue weighted by Crippen LogP contribution is 2.26. The van der Waals surface area contributed by atoms with Gasteiger partial charge in [-0.15, -0.1) is 0 Å². The molecule has 5 aromatic rings. The molecule has 0 saturated heterocycles. The summed E-state index contributed by atoms with van der Waals surface area (Å²) in [6, 6.07) is 18.0. The summed E-state index contributed by atoms with van der Waals surface area (Å²) in [5.41, 5.74) is 12.1. The van der Waals surface area contributed by atoms with Crippen molar-refractivity contribution in [3.63, 3.8) is 0 Å². The number of aromatic amines is 2. The van der Waals surface area contributed by atoms with Crippen LogP contribution in [0.2, 0.25) is 0 Å². The minimum Gasteiger partial charge on any atom is -0.398 e. The van der Waals surface area contributed by atoms with Crippen LogP contribution in [0, 0.1) is 0 Å². The molecule has 2 aromatic carbocycles. The van der Waals surface area contributed by atoms with E-state index in [0.717, 1.165) is 44.8 Å². The quantitative estimate of drug-likeness (QED) is 0.346. The van der Waals surface area contributed by atoms with E-state index in [-0.39, 0.29) is 0 Å². The van der Waals surface area contributed by atoms with E-state index in [1.807, 2.05) is 60.8 Å². The number of hydrogen-bond acceptors (Lipinski definition) is 5. The predicted molar refractivity (Wildman–Crippen MR) is 120 cm³/mol. The summed E-state index contributed by atoms with van der Waals surface area (Å²) in [7, 11) is 0. The van der Waals surface area contributed by atoms with Gasteiger partial charge in [0.15, 0.2) is 5.82 Å². The Morgan fingerprint density at radius 1 is 0.967 bits per heavy atom. The second-order valence-electron chi connectivity index (χ2n) is 6.97. The van der Waals surface area contributed by atoms with Crippen LogP contribution in [0.3, 0.4) is 0 Å². The molecule has 146 valence electrons. The van der Waals surface area contributed by atoms with Crippen LogP contribution in [0.25, 0.3) is 39.1 Å². The molecular formula is C23H19N7. The molecule has 7 nitrogen and oxygen atoms in total. The average Bonchev–Trinajstić information content (AvgIpc) is 3.44. The Balaban J connectivity index is 1.40. The number of fused-ring (bicyclic) bond motifs is 1. The lowest BCUT2D eigenvalue weighted by atomic mass is 10.1. The van der Waals surface area contributed by atoms with E-state index in [4.69, 9.17) is 5.73 Å². The molecule has 3 aromatic heterocycles. The molecule has 0 aliphatic heterocycles. The predicted octanol–water partition coefficient (Wildman–Crippen LogP) is 4.69. The van der Waals surface area contributed by atoms with Crippen LogP contribution in [0.15, 0.2) is 79.8 Å². The highest BCUT2D eigenvalue weighted by molar-refractivity contribution is 5.87. The molecule has 30 heavy (non-hydrogen) atoms. The molecule has 0 aliphatic carbocycles. The van der Waals surface area contributed by atoms with E-state index < -0.39 is 0 Å². The molecule has 0 saturated carbocycles. The van der Waals surface area contributed by atoms with Crippen LogP contribution in [0.1, 0.15) is 5.69 Å². The Morgan fingerprint density at radius 3 is 2.57 bits per heavy atom. The zero-order valence-corrected chi connectivity index (χ0v) is 16.1. The summed E-state index contributed by atoms with van der Waals surface area (Å²) < 4.78 is 0. The van der Waals surface area contributed by atoms with Crippen LogP contribution in [0.5, 0.6) is 0 Å². The van der Waals surface area contributed by atoms with Gasteiger partial charge in [-0.1, -0.05) is 30.8 Å². The lowest BCUT2D eigenvalue weighted by Crippen LogP contribution is -1.96. The van der Waals surface area contributed by atoms with Crippen LogP contribution >= 0.6 is 0 Å². The van der Waals surface area contributed by atoms with Gasteiger partial charge in [-0.3, -0.25) is 5.10 Å². The van der Waals surface area contributed by atoms with Gasteiger partial charge in [0.05, 0.1) is 11.9 Å².